The van der Waals surface area contributed by atoms with Gasteiger partial charge in [0.1, 0.15) is 0 Å². The van der Waals surface area contributed by atoms with Crippen LogP contribution < -0.4 is 22.2 Å². The summed E-state index contributed by atoms with van der Waals surface area (Å²) >= 11 is 3.41. The molecule has 0 N–H and O–H groups in total. The Bertz CT molecular complexity index is 3650. The minimum Gasteiger partial charge on any atom is -0.271 e. The summed E-state index contributed by atoms with van der Waals surface area (Å²) in [7, 11) is 0. The number of benzene rings is 7. The highest BCUT2D eigenvalue weighted by Gasteiger charge is 2.32. The summed E-state index contributed by atoms with van der Waals surface area (Å²) in [5, 5.41) is 20.9. The molecule has 0 unspecified atom stereocenters. The van der Waals surface area contributed by atoms with Gasteiger partial charge in [0, 0.05) is 96.9 Å². The van der Waals surface area contributed by atoms with E-state index in [1.54, 1.807) is 31.8 Å². The Morgan fingerprint density at radius 3 is 0.767 bits per heavy atom. The van der Waals surface area contributed by atoms with E-state index in [9.17, 15) is 0 Å². The van der Waals surface area contributed by atoms with E-state index in [0.717, 1.165) is 162 Å². The summed E-state index contributed by atoms with van der Waals surface area (Å²) in [6.07, 6.45) is 47.8. The third kappa shape index (κ3) is 12.7. The lowest BCUT2D eigenvalue weighted by molar-refractivity contribution is 0.381. The minimum atomic E-state index is -0.166. The van der Waals surface area contributed by atoms with Gasteiger partial charge in [0.25, 0.3) is 22.2 Å². The van der Waals surface area contributed by atoms with Crippen LogP contribution in [0, 0.1) is 0 Å². The largest absolute Gasteiger partial charge is 0.271 e. The molecule has 0 spiro atoms. The number of rotatable bonds is 42. The molecule has 0 bridgehead atoms. The predicted octanol–water partition coefficient (Wildman–Crippen LogP) is 24.3. The Labute approximate surface area is 520 Å². The maximum absolute atomic E-state index is 15.8. The van der Waals surface area contributed by atoms with Crippen molar-refractivity contribution in [1.29, 1.82) is 0 Å². The summed E-state index contributed by atoms with van der Waals surface area (Å²) < 4.78 is 5.68. The molecule has 0 atom stereocenters. The van der Waals surface area contributed by atoms with Crippen LogP contribution in [0.4, 0.5) is 0 Å². The third-order valence-corrected chi connectivity index (χ3v) is 22.7. The van der Waals surface area contributed by atoms with Gasteiger partial charge >= 0.3 is 0 Å². The van der Waals surface area contributed by atoms with Crippen molar-refractivity contribution in [3.8, 4) is 0 Å². The molecular formula is C78H102N2O4S2. The smallest absolute Gasteiger partial charge is 0.261 e. The molecule has 0 aliphatic rings. The summed E-state index contributed by atoms with van der Waals surface area (Å²) in [5.74, 6) is 0. The zero-order chi connectivity index (χ0) is 59.5. The van der Waals surface area contributed by atoms with Gasteiger partial charge in [-0.2, -0.15) is 0 Å². The highest BCUT2D eigenvalue weighted by molar-refractivity contribution is 7.19. The lowest BCUT2D eigenvalue weighted by Crippen LogP contribution is -2.37. The van der Waals surface area contributed by atoms with E-state index < -0.39 is 0 Å². The van der Waals surface area contributed by atoms with Gasteiger partial charge in [-0.05, 0) is 94.4 Å². The topological polar surface area (TPSA) is 78.1 Å². The monoisotopic (exact) mass is 1190 g/mol. The molecule has 6 nitrogen and oxygen atoms in total. The van der Waals surface area contributed by atoms with E-state index in [1.807, 2.05) is 0 Å². The van der Waals surface area contributed by atoms with Crippen molar-refractivity contribution in [1.82, 2.24) is 9.13 Å². The van der Waals surface area contributed by atoms with Crippen molar-refractivity contribution in [2.45, 2.75) is 297 Å². The third-order valence-electron chi connectivity index (χ3n) is 20.8. The normalized spacial score (nSPS) is 12.8. The fourth-order valence-corrected chi connectivity index (χ4v) is 18.0. The van der Waals surface area contributed by atoms with Gasteiger partial charge < -0.3 is 0 Å². The van der Waals surface area contributed by atoms with Crippen LogP contribution in [-0.4, -0.2) is 9.13 Å². The Balaban J connectivity index is 1.04. The van der Waals surface area contributed by atoms with Gasteiger partial charge in [0.15, 0.2) is 0 Å². The number of hydrogen-bond donors (Lipinski definition) is 0. The summed E-state index contributed by atoms with van der Waals surface area (Å²) in [6.45, 7) is 9.11. The molecule has 0 fully saturated rings. The highest BCUT2D eigenvalue weighted by atomic mass is 32.1. The van der Waals surface area contributed by atoms with Gasteiger partial charge in [0.2, 0.25) is 0 Å². The minimum absolute atomic E-state index is 0.148. The number of thiophene rings is 2. The first-order valence-corrected chi connectivity index (χ1v) is 37.4. The molecule has 0 saturated heterocycles. The summed E-state index contributed by atoms with van der Waals surface area (Å²) in [4.78, 5) is 63.3. The second kappa shape index (κ2) is 30.1. The van der Waals surface area contributed by atoms with Crippen molar-refractivity contribution in [2.75, 3.05) is 0 Å². The Morgan fingerprint density at radius 2 is 0.500 bits per heavy atom. The SMILES string of the molecule is CCCCCCCCCCCC(CCCCCCCCCCC)n1c(=O)c2cc3c4ccsc4c4cc5c(=O)n(C(CCCCCCCCCCC)CCCCCCCCCCC)c(=O)c6cc7c8ccsc8c8cc(c1=O)c2c1c3c4c(c65)c7c81. The quantitative estimate of drug-likeness (QED) is 0.0217. The van der Waals surface area contributed by atoms with Crippen LogP contribution in [0.1, 0.15) is 297 Å². The fraction of sp³-hybridized carbons (Fsp3) is 0.590. The van der Waals surface area contributed by atoms with Crippen molar-refractivity contribution >= 4 is 129 Å². The van der Waals surface area contributed by atoms with Crippen molar-refractivity contribution < 1.29 is 0 Å². The first-order valence-electron chi connectivity index (χ1n) is 35.6. The zero-order valence-electron chi connectivity index (χ0n) is 53.4. The lowest BCUT2D eigenvalue weighted by Gasteiger charge is -2.26. The molecular weight excluding hydrogens is 1090 g/mol. The molecule has 4 aromatic heterocycles. The van der Waals surface area contributed by atoms with Crippen molar-refractivity contribution in [3.63, 3.8) is 0 Å². The average Bonchev–Trinajstić information content (AvgIpc) is 0.932. The molecule has 11 rings (SSSR count). The molecule has 0 aliphatic heterocycles. The predicted molar refractivity (Wildman–Crippen MR) is 380 cm³/mol. The second-order valence-electron chi connectivity index (χ2n) is 27.0. The standard InChI is InChI=1S/C78H102N2O4S2/c1-5-9-13-17-21-25-29-33-37-41-53(42-38-34-30-26-22-18-14-10-6-2)79-75(81)61-49-57-55-45-47-86-74(55)60-52-64-66-62(50-58-56-46-48-85-73(56)59-51-63(77(79)83)65(61)71-67(57)70(60)72(66)68(58)69(59)71)76(82)80(78(64)84)54(43-39-35-31-27-23-19-15-11-7-3)44-40-36-32-28-24-20-16-12-8-4/h45-54H,5-44H2,1-4H3. The number of hydrogen-bond acceptors (Lipinski definition) is 6. The van der Waals surface area contributed by atoms with E-state index in [1.165, 1.54) is 180 Å². The fourth-order valence-electron chi connectivity index (χ4n) is 16.2. The number of aromatic nitrogens is 2. The number of unbranched alkanes of at least 4 members (excludes halogenated alkanes) is 32. The number of fused-ring (bicyclic) bond motifs is 6. The molecule has 0 saturated carbocycles. The lowest BCUT2D eigenvalue weighted by atomic mass is 9.79. The first kappa shape index (κ1) is 62.7. The first-order chi connectivity index (χ1) is 42.3. The maximum atomic E-state index is 15.8. The maximum Gasteiger partial charge on any atom is 0.261 e. The van der Waals surface area contributed by atoms with E-state index in [-0.39, 0.29) is 34.3 Å². The van der Waals surface area contributed by atoms with Crippen LogP contribution in [0.25, 0.3) is 106 Å². The van der Waals surface area contributed by atoms with Crippen LogP contribution in [0.2, 0.25) is 0 Å². The highest BCUT2D eigenvalue weighted by Crippen LogP contribution is 2.56. The molecule has 86 heavy (non-hydrogen) atoms. The van der Waals surface area contributed by atoms with Crippen LogP contribution in [0.15, 0.2) is 66.3 Å². The van der Waals surface area contributed by atoms with Gasteiger partial charge in [-0.15, -0.1) is 22.7 Å². The van der Waals surface area contributed by atoms with Crippen molar-refractivity contribution in [3.05, 3.63) is 88.6 Å². The van der Waals surface area contributed by atoms with Gasteiger partial charge in [0.05, 0.1) is 0 Å². The van der Waals surface area contributed by atoms with Crippen molar-refractivity contribution in [2.24, 2.45) is 0 Å². The van der Waals surface area contributed by atoms with E-state index in [2.05, 4.69) is 74.9 Å². The van der Waals surface area contributed by atoms with Crippen LogP contribution >= 0.6 is 22.7 Å². The molecule has 0 radical (unpaired) electrons. The molecule has 4 heterocycles. The summed E-state index contributed by atoms with van der Waals surface area (Å²) in [6, 6.07) is 12.7. The van der Waals surface area contributed by atoms with E-state index in [0.29, 0.717) is 21.5 Å². The second-order valence-corrected chi connectivity index (χ2v) is 28.8. The van der Waals surface area contributed by atoms with E-state index in [4.69, 9.17) is 0 Å². The Kier molecular flexibility index (Phi) is 21.9. The van der Waals surface area contributed by atoms with Gasteiger partial charge in [-0.1, -0.05) is 259 Å². The van der Waals surface area contributed by atoms with E-state index >= 15 is 19.2 Å². The molecule has 460 valence electrons. The van der Waals surface area contributed by atoms with Gasteiger partial charge in [-0.3, -0.25) is 28.3 Å². The Morgan fingerprint density at radius 1 is 0.267 bits per heavy atom. The van der Waals surface area contributed by atoms with Crippen LogP contribution in [-0.2, 0) is 0 Å². The van der Waals surface area contributed by atoms with Crippen LogP contribution in [0.5, 0.6) is 0 Å². The summed E-state index contributed by atoms with van der Waals surface area (Å²) in [5.41, 5.74) is -0.594. The average molecular weight is 1200 g/mol. The van der Waals surface area contributed by atoms with Crippen LogP contribution in [0.3, 0.4) is 0 Å². The van der Waals surface area contributed by atoms with Gasteiger partial charge in [-0.25, -0.2) is 0 Å². The molecule has 11 aromatic rings. The molecule has 8 heteroatoms. The molecule has 0 amide bonds. The zero-order valence-corrected chi connectivity index (χ0v) is 55.0. The molecule has 7 aromatic carbocycles. The number of nitrogens with zero attached hydrogens (tertiary/aromatic N) is 2. The number of pyridine rings is 2. The molecule has 0 aliphatic carbocycles. The Hall–Kier alpha value is -4.92.